The van der Waals surface area contributed by atoms with Crippen molar-refractivity contribution in [3.63, 3.8) is 0 Å². The molecule has 0 spiro atoms. The molecule has 0 saturated heterocycles. The fraction of sp³-hybridized carbons (Fsp3) is 0.409. The van der Waals surface area contributed by atoms with Crippen LogP contribution in [0.3, 0.4) is 0 Å². The monoisotopic (exact) mass is 436 g/mol. The second-order valence-electron chi connectivity index (χ2n) is 7.89. The third-order valence-electron chi connectivity index (χ3n) is 5.94. The molecule has 0 aliphatic heterocycles. The molecule has 9 heteroatoms. The lowest BCUT2D eigenvalue weighted by Gasteiger charge is -2.18. The minimum atomic E-state index is -0.277. The van der Waals surface area contributed by atoms with Crippen molar-refractivity contribution in [2.75, 3.05) is 5.75 Å². The van der Waals surface area contributed by atoms with Crippen LogP contribution in [0.2, 0.25) is 0 Å². The number of rotatable bonds is 4. The van der Waals surface area contributed by atoms with Gasteiger partial charge in [0.1, 0.15) is 0 Å². The third-order valence-corrected chi connectivity index (χ3v) is 6.67. The molecule has 1 aliphatic carbocycles. The van der Waals surface area contributed by atoms with Gasteiger partial charge in [-0.3, -0.25) is 14.2 Å². The molecule has 4 aromatic heterocycles. The molecule has 1 fully saturated rings. The second kappa shape index (κ2) is 8.30. The number of pyridine rings is 3. The molecule has 160 valence electrons. The minimum absolute atomic E-state index is 0.0742. The van der Waals surface area contributed by atoms with Crippen LogP contribution in [-0.4, -0.2) is 35.1 Å². The number of hydrogen-bond donors (Lipinski definition) is 1. The van der Waals surface area contributed by atoms with E-state index >= 15 is 0 Å². The van der Waals surface area contributed by atoms with Gasteiger partial charge in [0.15, 0.2) is 0 Å². The Morgan fingerprint density at radius 2 is 1.71 bits per heavy atom. The fourth-order valence-corrected chi connectivity index (χ4v) is 4.89. The molecule has 31 heavy (non-hydrogen) atoms. The Hall–Kier alpha value is -2.94. The lowest BCUT2D eigenvalue weighted by atomic mass is 10.1. The summed E-state index contributed by atoms with van der Waals surface area (Å²) in [6.07, 6.45) is 10.3. The molecular formula is C22H24N6O2S. The first-order valence-corrected chi connectivity index (χ1v) is 11.8. The fourth-order valence-electron chi connectivity index (χ4n) is 4.37. The average Bonchev–Trinajstić information content (AvgIpc) is 3.06. The van der Waals surface area contributed by atoms with Crippen molar-refractivity contribution in [1.29, 1.82) is 0 Å². The molecule has 0 unspecified atom stereocenters. The van der Waals surface area contributed by atoms with Crippen LogP contribution in [0.1, 0.15) is 51.5 Å². The number of thioether (sulfide) groups is 1. The predicted molar refractivity (Wildman–Crippen MR) is 122 cm³/mol. The highest BCUT2D eigenvalue weighted by atomic mass is 32.2. The molecule has 1 saturated carbocycles. The summed E-state index contributed by atoms with van der Waals surface area (Å²) in [5.41, 5.74) is 0.819. The van der Waals surface area contributed by atoms with Crippen molar-refractivity contribution in [3.8, 4) is 5.95 Å². The van der Waals surface area contributed by atoms with E-state index in [1.165, 1.54) is 29.2 Å². The maximum atomic E-state index is 13.3. The number of H-pyrrole nitrogens is 1. The third kappa shape index (κ3) is 3.67. The molecule has 4 heterocycles. The molecule has 0 aromatic carbocycles. The molecule has 0 radical (unpaired) electrons. The van der Waals surface area contributed by atoms with E-state index in [0.717, 1.165) is 31.4 Å². The summed E-state index contributed by atoms with van der Waals surface area (Å²) in [4.78, 5) is 35.5. The summed E-state index contributed by atoms with van der Waals surface area (Å²) in [6.45, 7) is 2.02. The van der Waals surface area contributed by atoms with Gasteiger partial charge in [-0.25, -0.2) is 10.1 Å². The maximum absolute atomic E-state index is 13.3. The van der Waals surface area contributed by atoms with Crippen molar-refractivity contribution in [2.24, 2.45) is 0 Å². The standard InChI is InChI=1S/C22H24N6O2S/c1-2-31-22-24-21(25-26-22)28-12-10-18-16(20(28)30)13-15-17(23-18)9-11-27(19(15)29)14-7-5-3-4-6-8-14/h9-14H,2-8H2,1H3,(H,24,25,26). The molecule has 1 N–H and O–H groups in total. The first-order valence-electron chi connectivity index (χ1n) is 10.8. The quantitative estimate of drug-likeness (QED) is 0.297. The Labute approximate surface area is 182 Å². The summed E-state index contributed by atoms with van der Waals surface area (Å²) in [5, 5.41) is 8.42. The molecular weight excluding hydrogens is 412 g/mol. The first-order chi connectivity index (χ1) is 15.2. The van der Waals surface area contributed by atoms with Gasteiger partial charge in [0, 0.05) is 18.4 Å². The van der Waals surface area contributed by atoms with Gasteiger partial charge in [-0.1, -0.05) is 44.4 Å². The summed E-state index contributed by atoms with van der Waals surface area (Å²) < 4.78 is 3.25. The molecule has 0 bridgehead atoms. The van der Waals surface area contributed by atoms with E-state index in [1.54, 1.807) is 18.3 Å². The van der Waals surface area contributed by atoms with Crippen molar-refractivity contribution < 1.29 is 0 Å². The van der Waals surface area contributed by atoms with E-state index in [4.69, 9.17) is 0 Å². The van der Waals surface area contributed by atoms with E-state index in [2.05, 4.69) is 20.2 Å². The largest absolute Gasteiger partial charge is 0.312 e. The molecule has 0 atom stereocenters. The Morgan fingerprint density at radius 1 is 1.00 bits per heavy atom. The van der Waals surface area contributed by atoms with Crippen molar-refractivity contribution >= 4 is 33.6 Å². The number of aromatic amines is 1. The first kappa shape index (κ1) is 20.0. The van der Waals surface area contributed by atoms with Gasteiger partial charge in [-0.2, -0.15) is 4.98 Å². The Morgan fingerprint density at radius 3 is 2.45 bits per heavy atom. The smallest absolute Gasteiger partial charge is 0.266 e. The predicted octanol–water partition coefficient (Wildman–Crippen LogP) is 3.83. The second-order valence-corrected chi connectivity index (χ2v) is 9.12. The van der Waals surface area contributed by atoms with Gasteiger partial charge in [0.25, 0.3) is 11.1 Å². The zero-order valence-corrected chi connectivity index (χ0v) is 18.2. The number of fused-ring (bicyclic) bond motifs is 2. The Bertz CT molecular complexity index is 1360. The molecule has 8 nitrogen and oxygen atoms in total. The maximum Gasteiger partial charge on any atom is 0.266 e. The van der Waals surface area contributed by atoms with Crippen molar-refractivity contribution in [1.82, 2.24) is 29.3 Å². The zero-order valence-electron chi connectivity index (χ0n) is 17.4. The average molecular weight is 437 g/mol. The number of nitrogens with one attached hydrogen (secondary N) is 1. The van der Waals surface area contributed by atoms with Gasteiger partial charge >= 0.3 is 0 Å². The highest BCUT2D eigenvalue weighted by Gasteiger charge is 2.18. The van der Waals surface area contributed by atoms with Gasteiger partial charge in [-0.05, 0) is 36.8 Å². The van der Waals surface area contributed by atoms with Crippen molar-refractivity contribution in [3.05, 3.63) is 51.3 Å². The van der Waals surface area contributed by atoms with Crippen LogP contribution in [0.5, 0.6) is 0 Å². The summed E-state index contributed by atoms with van der Waals surface area (Å²) in [6, 6.07) is 5.55. The summed E-state index contributed by atoms with van der Waals surface area (Å²) >= 11 is 1.50. The van der Waals surface area contributed by atoms with Crippen LogP contribution < -0.4 is 11.1 Å². The minimum Gasteiger partial charge on any atom is -0.312 e. The van der Waals surface area contributed by atoms with Crippen LogP contribution in [0.4, 0.5) is 0 Å². The molecule has 1 aliphatic rings. The van der Waals surface area contributed by atoms with E-state index < -0.39 is 0 Å². The summed E-state index contributed by atoms with van der Waals surface area (Å²) in [5.74, 6) is 1.19. The van der Waals surface area contributed by atoms with Crippen LogP contribution in [0, 0.1) is 0 Å². The SMILES string of the molecule is CCSc1n[nH]c(-n2ccc3nc4ccn(C5CCCCCC5)c(=O)c4cc3c2=O)n1. The zero-order chi connectivity index (χ0) is 21.4. The summed E-state index contributed by atoms with van der Waals surface area (Å²) in [7, 11) is 0. The highest BCUT2D eigenvalue weighted by molar-refractivity contribution is 7.99. The number of hydrogen-bond acceptors (Lipinski definition) is 6. The lowest BCUT2D eigenvalue weighted by molar-refractivity contribution is 0.434. The Balaban J connectivity index is 1.64. The molecule has 4 aromatic rings. The van der Waals surface area contributed by atoms with E-state index in [9.17, 15) is 9.59 Å². The topological polar surface area (TPSA) is 98.5 Å². The van der Waals surface area contributed by atoms with Gasteiger partial charge in [0.2, 0.25) is 11.1 Å². The molecule has 0 amide bonds. The van der Waals surface area contributed by atoms with Crippen molar-refractivity contribution in [2.45, 2.75) is 56.6 Å². The Kier molecular flexibility index (Phi) is 5.35. The van der Waals surface area contributed by atoms with Gasteiger partial charge in [-0.15, -0.1) is 5.10 Å². The lowest BCUT2D eigenvalue weighted by Crippen LogP contribution is -2.25. The van der Waals surface area contributed by atoms with Crippen LogP contribution in [-0.2, 0) is 0 Å². The van der Waals surface area contributed by atoms with E-state index in [1.807, 2.05) is 23.8 Å². The normalized spacial score (nSPS) is 15.5. The van der Waals surface area contributed by atoms with Crippen LogP contribution in [0.15, 0.2) is 45.3 Å². The number of nitrogens with zero attached hydrogens (tertiary/aromatic N) is 5. The van der Waals surface area contributed by atoms with E-state index in [-0.39, 0.29) is 17.2 Å². The highest BCUT2D eigenvalue weighted by Crippen LogP contribution is 2.26. The van der Waals surface area contributed by atoms with Gasteiger partial charge < -0.3 is 4.57 Å². The van der Waals surface area contributed by atoms with Gasteiger partial charge in [0.05, 0.1) is 21.8 Å². The van der Waals surface area contributed by atoms with Crippen LogP contribution in [0.25, 0.3) is 27.8 Å². The van der Waals surface area contributed by atoms with E-state index in [0.29, 0.717) is 32.9 Å². The molecule has 5 rings (SSSR count). The van der Waals surface area contributed by atoms with Crippen LogP contribution >= 0.6 is 11.8 Å². The number of aromatic nitrogens is 6.